The van der Waals surface area contributed by atoms with E-state index in [1.54, 1.807) is 31.3 Å². The van der Waals surface area contributed by atoms with E-state index in [-0.39, 0.29) is 23.5 Å². The molecule has 3 aliphatic rings. The first kappa shape index (κ1) is 28.5. The van der Waals surface area contributed by atoms with E-state index in [1.165, 1.54) is 24.3 Å². The smallest absolute Gasteiger partial charge is 0.409 e. The molecule has 42 heavy (non-hydrogen) atoms. The molecule has 1 aliphatic carbocycles. The summed E-state index contributed by atoms with van der Waals surface area (Å²) in [7, 11) is 4.52. The number of methoxy groups -OCH3 is 3. The predicted molar refractivity (Wildman–Crippen MR) is 157 cm³/mol. The van der Waals surface area contributed by atoms with Crippen LogP contribution in [0, 0.1) is 5.92 Å². The summed E-state index contributed by atoms with van der Waals surface area (Å²) in [5.74, 6) is -0.432. The standard InChI is InChI=1S/C31H32N4O7/c1-40-26-13-8-22(19-27(26)41-2)28-25(29(36)35(32-28)24-11-6-21(7-12-24)30(37)38)18-20-4-9-23(10-5-20)33-14-16-34(17-15-33)31(39)42-3/h4-7,9-13,18-19,22H,8,14-17H2,1-3H3,(H,37,38)/b25-18-. The lowest BCUT2D eigenvalue weighted by atomic mass is 9.89. The van der Waals surface area contributed by atoms with E-state index >= 15 is 0 Å². The molecule has 5 rings (SSSR count). The molecule has 2 aromatic carbocycles. The predicted octanol–water partition coefficient (Wildman–Crippen LogP) is 4.14. The zero-order chi connectivity index (χ0) is 29.8. The highest BCUT2D eigenvalue weighted by atomic mass is 16.5. The number of carbonyl (C=O) groups is 3. The molecule has 2 aromatic rings. The number of ether oxygens (including phenoxy) is 3. The molecule has 1 unspecified atom stereocenters. The summed E-state index contributed by atoms with van der Waals surface area (Å²) < 4.78 is 15.8. The number of nitrogens with zero attached hydrogens (tertiary/aromatic N) is 4. The van der Waals surface area contributed by atoms with Gasteiger partial charge in [-0.3, -0.25) is 4.79 Å². The summed E-state index contributed by atoms with van der Waals surface area (Å²) in [6.45, 7) is 2.53. The maximum atomic E-state index is 13.8. The number of piperazine rings is 1. The molecular weight excluding hydrogens is 540 g/mol. The second-order valence-electron chi connectivity index (χ2n) is 9.90. The van der Waals surface area contributed by atoms with E-state index in [2.05, 4.69) is 4.90 Å². The summed E-state index contributed by atoms with van der Waals surface area (Å²) in [5, 5.41) is 15.3. The number of benzene rings is 2. The van der Waals surface area contributed by atoms with Gasteiger partial charge < -0.3 is 29.1 Å². The Morgan fingerprint density at radius 3 is 2.14 bits per heavy atom. The first-order valence-electron chi connectivity index (χ1n) is 13.5. The highest BCUT2D eigenvalue weighted by molar-refractivity contribution is 6.33. The Labute approximate surface area is 243 Å². The summed E-state index contributed by atoms with van der Waals surface area (Å²) in [5.41, 5.74) is 3.44. The van der Waals surface area contributed by atoms with Gasteiger partial charge in [0.1, 0.15) is 0 Å². The van der Waals surface area contributed by atoms with Crippen LogP contribution in [0.5, 0.6) is 0 Å². The minimum Gasteiger partial charge on any atom is -0.493 e. The SMILES string of the molecule is COC(=O)N1CCN(c2ccc(/C=C3\C(=O)N(c4ccc(C(=O)O)cc4)N=C3C3C=C(OC)C(OC)=CC3)cc2)CC1. The van der Waals surface area contributed by atoms with Crippen molar-refractivity contribution in [3.05, 3.63) is 88.9 Å². The van der Waals surface area contributed by atoms with Crippen LogP contribution in [0.1, 0.15) is 22.3 Å². The van der Waals surface area contributed by atoms with Gasteiger partial charge in [0.25, 0.3) is 5.91 Å². The highest BCUT2D eigenvalue weighted by Gasteiger charge is 2.36. The number of allylic oxidation sites excluding steroid dienone is 2. The third-order valence-electron chi connectivity index (χ3n) is 7.49. The summed E-state index contributed by atoms with van der Waals surface area (Å²) >= 11 is 0. The van der Waals surface area contributed by atoms with Crippen molar-refractivity contribution in [2.45, 2.75) is 6.42 Å². The van der Waals surface area contributed by atoms with Crippen molar-refractivity contribution in [3.8, 4) is 0 Å². The lowest BCUT2D eigenvalue weighted by Gasteiger charge is -2.35. The Morgan fingerprint density at radius 1 is 0.905 bits per heavy atom. The summed E-state index contributed by atoms with van der Waals surface area (Å²) in [4.78, 5) is 40.8. The largest absolute Gasteiger partial charge is 0.493 e. The molecule has 0 radical (unpaired) electrons. The van der Waals surface area contributed by atoms with Crippen LogP contribution >= 0.6 is 0 Å². The van der Waals surface area contributed by atoms with E-state index in [1.807, 2.05) is 42.5 Å². The molecule has 1 N–H and O–H groups in total. The van der Waals surface area contributed by atoms with Crippen LogP contribution in [-0.2, 0) is 19.0 Å². The van der Waals surface area contributed by atoms with Crippen molar-refractivity contribution in [1.82, 2.24) is 4.90 Å². The normalized spacial score (nSPS) is 19.7. The Morgan fingerprint density at radius 2 is 1.55 bits per heavy atom. The zero-order valence-electron chi connectivity index (χ0n) is 23.6. The van der Waals surface area contributed by atoms with Crippen molar-refractivity contribution in [2.75, 3.05) is 57.4 Å². The number of rotatable bonds is 7. The van der Waals surface area contributed by atoms with Gasteiger partial charge in [-0.2, -0.15) is 10.1 Å². The lowest BCUT2D eigenvalue weighted by molar-refractivity contribution is -0.114. The molecule has 2 aliphatic heterocycles. The molecular formula is C31H32N4O7. The molecule has 11 heteroatoms. The highest BCUT2D eigenvalue weighted by Crippen LogP contribution is 2.33. The topological polar surface area (TPSA) is 121 Å². The number of hydrogen-bond acceptors (Lipinski definition) is 8. The number of carboxylic acid groups (broad SMARTS) is 1. The van der Waals surface area contributed by atoms with E-state index in [9.17, 15) is 19.5 Å². The van der Waals surface area contributed by atoms with Crippen LogP contribution in [0.4, 0.5) is 16.2 Å². The van der Waals surface area contributed by atoms with E-state index in [0.717, 1.165) is 11.3 Å². The number of carboxylic acids is 1. The lowest BCUT2D eigenvalue weighted by Crippen LogP contribution is -2.48. The number of anilines is 2. The number of hydrogen-bond donors (Lipinski definition) is 1. The van der Waals surface area contributed by atoms with Gasteiger partial charge in [-0.15, -0.1) is 0 Å². The summed E-state index contributed by atoms with van der Waals surface area (Å²) in [6.07, 6.45) is 5.87. The van der Waals surface area contributed by atoms with Gasteiger partial charge in [0.2, 0.25) is 0 Å². The van der Waals surface area contributed by atoms with Gasteiger partial charge in [0.05, 0.1) is 43.9 Å². The van der Waals surface area contributed by atoms with Crippen LogP contribution in [0.25, 0.3) is 6.08 Å². The van der Waals surface area contributed by atoms with Gasteiger partial charge in [-0.05, 0) is 66.6 Å². The Hall–Kier alpha value is -5.06. The van der Waals surface area contributed by atoms with Crippen molar-refractivity contribution in [2.24, 2.45) is 11.0 Å². The molecule has 1 atom stereocenters. The number of amides is 2. The molecule has 1 saturated heterocycles. The fraction of sp³-hybridized carbons (Fsp3) is 0.290. The Bertz CT molecular complexity index is 1480. The fourth-order valence-corrected chi connectivity index (χ4v) is 5.20. The van der Waals surface area contributed by atoms with Crippen LogP contribution in [0.15, 0.2) is 82.9 Å². The van der Waals surface area contributed by atoms with Crippen molar-refractivity contribution in [3.63, 3.8) is 0 Å². The molecule has 0 aromatic heterocycles. The summed E-state index contributed by atoms with van der Waals surface area (Å²) in [6, 6.07) is 13.9. The first-order valence-corrected chi connectivity index (χ1v) is 13.5. The monoisotopic (exact) mass is 572 g/mol. The van der Waals surface area contributed by atoms with E-state index in [4.69, 9.17) is 19.3 Å². The maximum absolute atomic E-state index is 13.8. The van der Waals surface area contributed by atoms with Gasteiger partial charge in [0.15, 0.2) is 11.5 Å². The van der Waals surface area contributed by atoms with Crippen molar-refractivity contribution in [1.29, 1.82) is 0 Å². The number of carbonyl (C=O) groups excluding carboxylic acids is 2. The Balaban J connectivity index is 1.43. The van der Waals surface area contributed by atoms with E-state index < -0.39 is 5.97 Å². The molecule has 1 fully saturated rings. The average molecular weight is 573 g/mol. The minimum atomic E-state index is -1.05. The van der Waals surface area contributed by atoms with Crippen LogP contribution in [0.3, 0.4) is 0 Å². The quantitative estimate of drug-likeness (QED) is 0.492. The number of aromatic carboxylic acids is 1. The molecule has 218 valence electrons. The van der Waals surface area contributed by atoms with Gasteiger partial charge in [-0.1, -0.05) is 12.1 Å². The molecule has 2 amide bonds. The van der Waals surface area contributed by atoms with Gasteiger partial charge in [0, 0.05) is 37.8 Å². The van der Waals surface area contributed by atoms with Gasteiger partial charge in [-0.25, -0.2) is 9.59 Å². The van der Waals surface area contributed by atoms with Crippen molar-refractivity contribution >= 4 is 41.1 Å². The van der Waals surface area contributed by atoms with Crippen LogP contribution < -0.4 is 9.91 Å². The molecule has 0 saturated carbocycles. The second-order valence-corrected chi connectivity index (χ2v) is 9.90. The maximum Gasteiger partial charge on any atom is 0.409 e. The first-order chi connectivity index (χ1) is 20.3. The molecule has 2 heterocycles. The molecule has 11 nitrogen and oxygen atoms in total. The van der Waals surface area contributed by atoms with Gasteiger partial charge >= 0.3 is 12.1 Å². The van der Waals surface area contributed by atoms with E-state index in [0.29, 0.717) is 61.1 Å². The minimum absolute atomic E-state index is 0.120. The van der Waals surface area contributed by atoms with Crippen molar-refractivity contribution < 1.29 is 33.7 Å². The third-order valence-corrected chi connectivity index (χ3v) is 7.49. The molecule has 0 bridgehead atoms. The fourth-order valence-electron chi connectivity index (χ4n) is 5.20. The third kappa shape index (κ3) is 5.71. The van der Waals surface area contributed by atoms with Crippen LogP contribution in [-0.4, -0.2) is 81.2 Å². The second kappa shape index (κ2) is 12.2. The molecule has 0 spiro atoms. The van der Waals surface area contributed by atoms with Crippen LogP contribution in [0.2, 0.25) is 0 Å². The number of hydrazone groups is 1. The zero-order valence-corrected chi connectivity index (χ0v) is 23.6. The Kier molecular flexibility index (Phi) is 8.28. The average Bonchev–Trinajstić information content (AvgIpc) is 3.36.